The van der Waals surface area contributed by atoms with Crippen molar-refractivity contribution in [2.45, 2.75) is 101 Å². The summed E-state index contributed by atoms with van der Waals surface area (Å²) >= 11 is 0. The molecule has 0 atom stereocenters. The molecule has 0 aliphatic carbocycles. The molecule has 0 unspecified atom stereocenters. The van der Waals surface area contributed by atoms with E-state index in [1.165, 1.54) is 62.6 Å². The lowest BCUT2D eigenvalue weighted by molar-refractivity contribution is 0.0159. The van der Waals surface area contributed by atoms with Crippen molar-refractivity contribution in [1.29, 1.82) is 0 Å². The Hall–Kier alpha value is -5.56. The van der Waals surface area contributed by atoms with Gasteiger partial charge in [-0.25, -0.2) is 35.9 Å². The summed E-state index contributed by atoms with van der Waals surface area (Å²) in [5.74, 6) is -1.70. The number of benzene rings is 2. The zero-order valence-electron chi connectivity index (χ0n) is 40.8. The predicted octanol–water partition coefficient (Wildman–Crippen LogP) is 2.89. The molecule has 71 heavy (non-hydrogen) atoms. The molecule has 2 fully saturated rings. The Morgan fingerprint density at radius 2 is 1.10 bits per heavy atom. The molecule has 4 aliphatic rings. The van der Waals surface area contributed by atoms with E-state index in [2.05, 4.69) is 25.2 Å². The van der Waals surface area contributed by atoms with Crippen molar-refractivity contribution in [1.82, 2.24) is 39.6 Å². The number of carboxylic acid groups (broad SMARTS) is 1. The van der Waals surface area contributed by atoms with Crippen molar-refractivity contribution in [2.75, 3.05) is 66.8 Å². The minimum absolute atomic E-state index is 0.0111. The number of carboxylic acids is 1. The highest BCUT2D eigenvalue weighted by atomic mass is 32.2. The fourth-order valence-electron chi connectivity index (χ4n) is 9.25. The van der Waals surface area contributed by atoms with E-state index in [9.17, 15) is 36.0 Å². The van der Waals surface area contributed by atoms with Crippen molar-refractivity contribution in [3.05, 3.63) is 93.6 Å². The summed E-state index contributed by atoms with van der Waals surface area (Å²) in [6, 6.07) is 10.6. The molecule has 4 aromatic rings. The van der Waals surface area contributed by atoms with Crippen LogP contribution in [-0.2, 0) is 73.0 Å². The van der Waals surface area contributed by atoms with Crippen LogP contribution in [0.25, 0.3) is 0 Å². The van der Waals surface area contributed by atoms with E-state index in [4.69, 9.17) is 29.5 Å². The standard InChI is InChI=1S/C24H32N4O6S.C16H25N3O3.C8H9NO4S/c1-3-28-21-19(15-24(16-26-22(21)29)10-13-33-14-11-24)20(27-28)5-4-12-34-23(30)17-6-8-18(9-7-17)35(31,32)25-2;1-2-19-14-12(13(18-19)4-3-7-20)10-16(11-17-15(14)21)5-8-22-9-6-16;1-9-14(12,13)7-4-2-6(3-5-7)8(10)11/h6-9,25H,3-5,10-16H2,1-2H3,(H,26,29);20H,2-11H2,1H3,(H,17,21);2-5,9H,1H3,(H,10,11). The highest BCUT2D eigenvalue weighted by Gasteiger charge is 2.41. The molecule has 0 radical (unpaired) electrons. The van der Waals surface area contributed by atoms with E-state index in [0.717, 1.165) is 86.4 Å². The number of rotatable bonds is 15. The average molecular weight is 1030 g/mol. The molecule has 2 spiro atoms. The van der Waals surface area contributed by atoms with E-state index < -0.39 is 32.0 Å². The second kappa shape index (κ2) is 24.2. The second-order valence-electron chi connectivity index (χ2n) is 18.0. The number of esters is 1. The number of nitrogens with one attached hydrogen (secondary N) is 4. The first kappa shape index (κ1) is 54.8. The number of aryl methyl sites for hydroxylation is 4. The number of ether oxygens (including phenoxy) is 3. The largest absolute Gasteiger partial charge is 0.478 e. The minimum atomic E-state index is -3.56. The van der Waals surface area contributed by atoms with Gasteiger partial charge in [0.05, 0.1) is 38.9 Å². The molecule has 6 heterocycles. The molecule has 388 valence electrons. The molecule has 4 aliphatic heterocycles. The van der Waals surface area contributed by atoms with Crippen LogP contribution in [0.2, 0.25) is 0 Å². The summed E-state index contributed by atoms with van der Waals surface area (Å²) in [5.41, 5.74) is 5.71. The van der Waals surface area contributed by atoms with Crippen LogP contribution in [0.4, 0.5) is 0 Å². The summed E-state index contributed by atoms with van der Waals surface area (Å²) in [6.07, 6.45) is 7.96. The highest BCUT2D eigenvalue weighted by Crippen LogP contribution is 2.39. The van der Waals surface area contributed by atoms with Crippen LogP contribution < -0.4 is 20.1 Å². The zero-order chi connectivity index (χ0) is 51.4. The van der Waals surface area contributed by atoms with E-state index in [-0.39, 0.29) is 56.8 Å². The van der Waals surface area contributed by atoms with Gasteiger partial charge in [-0.2, -0.15) is 10.2 Å². The first-order valence-electron chi connectivity index (χ1n) is 23.9. The Morgan fingerprint density at radius 1 is 0.690 bits per heavy atom. The molecule has 21 nitrogen and oxygen atoms in total. The molecule has 23 heteroatoms. The molecule has 6 N–H and O–H groups in total. The van der Waals surface area contributed by atoms with Gasteiger partial charge >= 0.3 is 11.9 Å². The summed E-state index contributed by atoms with van der Waals surface area (Å²) in [6.45, 7) is 9.86. The number of hydrogen-bond donors (Lipinski definition) is 6. The SMILES string of the molecule is CCn1nc(CCCO)c2c1C(=O)NCC1(CCOCC1)C2.CCn1nc(CCCOC(=O)c2ccc(S(=O)(=O)NC)cc2)c2c1C(=O)NCC1(CCOCC1)C2.CNS(=O)(=O)c1ccc(C(=O)O)cc1. The van der Waals surface area contributed by atoms with E-state index in [1.54, 1.807) is 4.68 Å². The molecular formula is C48H66N8O13S2. The number of aromatic carboxylic acids is 1. The molecule has 2 aromatic carbocycles. The van der Waals surface area contributed by atoms with Gasteiger partial charge in [-0.1, -0.05) is 0 Å². The van der Waals surface area contributed by atoms with Crippen molar-refractivity contribution in [3.8, 4) is 0 Å². The summed E-state index contributed by atoms with van der Waals surface area (Å²) < 4.78 is 70.5. The van der Waals surface area contributed by atoms with Crippen LogP contribution in [0.3, 0.4) is 0 Å². The van der Waals surface area contributed by atoms with Crippen LogP contribution in [-0.4, -0.2) is 137 Å². The number of nitrogens with zero attached hydrogens (tertiary/aromatic N) is 4. The fraction of sp³-hybridized carbons (Fsp3) is 0.542. The van der Waals surface area contributed by atoms with Gasteiger partial charge in [-0.3, -0.25) is 19.0 Å². The lowest BCUT2D eigenvalue weighted by atomic mass is 9.75. The number of fused-ring (bicyclic) bond motifs is 2. The number of carbonyl (C=O) groups is 4. The maximum atomic E-state index is 12.9. The Balaban J connectivity index is 0.000000194. The number of carbonyl (C=O) groups excluding carboxylic acids is 3. The number of aliphatic hydroxyl groups excluding tert-OH is 1. The predicted molar refractivity (Wildman–Crippen MR) is 259 cm³/mol. The first-order chi connectivity index (χ1) is 33.9. The fourth-order valence-corrected chi connectivity index (χ4v) is 10.7. The molecule has 2 amide bonds. The van der Waals surface area contributed by atoms with Crippen LogP contribution >= 0.6 is 0 Å². The smallest absolute Gasteiger partial charge is 0.338 e. The number of sulfonamides is 2. The van der Waals surface area contributed by atoms with E-state index in [0.29, 0.717) is 64.3 Å². The van der Waals surface area contributed by atoms with Gasteiger partial charge in [0.25, 0.3) is 11.8 Å². The van der Waals surface area contributed by atoms with Gasteiger partial charge in [0.2, 0.25) is 20.0 Å². The lowest BCUT2D eigenvalue weighted by Crippen LogP contribution is -2.40. The Bertz CT molecular complexity index is 2730. The zero-order valence-corrected chi connectivity index (χ0v) is 42.4. The Morgan fingerprint density at radius 3 is 1.48 bits per heavy atom. The maximum Gasteiger partial charge on any atom is 0.338 e. The van der Waals surface area contributed by atoms with Crippen molar-refractivity contribution in [3.63, 3.8) is 0 Å². The van der Waals surface area contributed by atoms with Crippen LogP contribution in [0.5, 0.6) is 0 Å². The third-order valence-corrected chi connectivity index (χ3v) is 16.3. The van der Waals surface area contributed by atoms with Gasteiger partial charge in [0, 0.05) is 70.3 Å². The Labute approximate surface area is 414 Å². The van der Waals surface area contributed by atoms with Gasteiger partial charge in [0.1, 0.15) is 11.4 Å². The Kier molecular flexibility index (Phi) is 18.7. The number of amides is 2. The minimum Gasteiger partial charge on any atom is -0.478 e. The quantitative estimate of drug-likeness (QED) is 0.0738. The first-order valence-corrected chi connectivity index (χ1v) is 26.9. The van der Waals surface area contributed by atoms with Gasteiger partial charge in [-0.15, -0.1) is 0 Å². The van der Waals surface area contributed by atoms with Gasteiger partial charge in [0.15, 0.2) is 0 Å². The summed E-state index contributed by atoms with van der Waals surface area (Å²) in [4.78, 5) is 48.4. The van der Waals surface area contributed by atoms with E-state index >= 15 is 0 Å². The number of aromatic nitrogens is 4. The van der Waals surface area contributed by atoms with Crippen molar-refractivity contribution < 1.29 is 60.4 Å². The van der Waals surface area contributed by atoms with Crippen LogP contribution in [0.15, 0.2) is 58.3 Å². The third-order valence-electron chi connectivity index (χ3n) is 13.5. The van der Waals surface area contributed by atoms with Crippen LogP contribution in [0.1, 0.15) is 117 Å². The molecule has 2 aromatic heterocycles. The molecule has 2 saturated heterocycles. The van der Waals surface area contributed by atoms with Crippen molar-refractivity contribution >= 4 is 43.8 Å². The number of hydrogen-bond acceptors (Lipinski definition) is 14. The summed E-state index contributed by atoms with van der Waals surface area (Å²) in [7, 11) is -4.43. The van der Waals surface area contributed by atoms with Gasteiger partial charge in [-0.05, 0) is 152 Å². The third kappa shape index (κ3) is 13.3. The van der Waals surface area contributed by atoms with Crippen LogP contribution in [0, 0.1) is 10.8 Å². The maximum absolute atomic E-state index is 12.9. The molecule has 0 saturated carbocycles. The highest BCUT2D eigenvalue weighted by molar-refractivity contribution is 7.89. The normalized spacial score (nSPS) is 17.2. The average Bonchev–Trinajstić information content (AvgIpc) is 3.83. The molecule has 8 rings (SSSR count). The van der Waals surface area contributed by atoms with Crippen molar-refractivity contribution in [2.24, 2.45) is 10.8 Å². The second-order valence-corrected chi connectivity index (χ2v) is 21.7. The molecular weight excluding hydrogens is 961 g/mol. The lowest BCUT2D eigenvalue weighted by Gasteiger charge is -2.36. The topological polar surface area (TPSA) is 288 Å². The molecule has 0 bridgehead atoms. The monoisotopic (exact) mass is 1030 g/mol. The van der Waals surface area contributed by atoms with E-state index in [1.807, 2.05) is 18.5 Å². The summed E-state index contributed by atoms with van der Waals surface area (Å²) in [5, 5.41) is 33.2. The number of aliphatic hydroxyl groups is 1. The van der Waals surface area contributed by atoms with Gasteiger partial charge < -0.3 is 35.1 Å².